The van der Waals surface area contributed by atoms with Gasteiger partial charge in [-0.25, -0.2) is 8.42 Å². The Balaban J connectivity index is 1.68. The van der Waals surface area contributed by atoms with Crippen molar-refractivity contribution in [1.29, 1.82) is 0 Å². The molecule has 6 nitrogen and oxygen atoms in total. The van der Waals surface area contributed by atoms with Gasteiger partial charge in [0.2, 0.25) is 0 Å². The average molecular weight is 376 g/mol. The fourth-order valence-corrected chi connectivity index (χ4v) is 5.25. The van der Waals surface area contributed by atoms with Crippen LogP contribution in [0.2, 0.25) is 0 Å². The summed E-state index contributed by atoms with van der Waals surface area (Å²) in [4.78, 5) is 12.3. The highest BCUT2D eigenvalue weighted by Gasteiger charge is 2.27. The molecule has 140 valence electrons. The normalized spacial score (nSPS) is 15.7. The van der Waals surface area contributed by atoms with Crippen molar-refractivity contribution in [2.45, 2.75) is 49.7 Å². The van der Waals surface area contributed by atoms with Gasteiger partial charge in [-0.3, -0.25) is 4.79 Å². The lowest BCUT2D eigenvalue weighted by atomic mass is 10.0. The van der Waals surface area contributed by atoms with Crippen LogP contribution in [-0.4, -0.2) is 19.6 Å². The van der Waals surface area contributed by atoms with Gasteiger partial charge in [0.1, 0.15) is 12.0 Å². The Morgan fingerprint density at radius 2 is 1.96 bits per heavy atom. The number of anilines is 1. The molecule has 0 unspecified atom stereocenters. The summed E-state index contributed by atoms with van der Waals surface area (Å²) >= 11 is 0. The molecule has 2 aromatic rings. The summed E-state index contributed by atoms with van der Waals surface area (Å²) < 4.78 is 30.4. The van der Waals surface area contributed by atoms with Crippen molar-refractivity contribution in [1.82, 2.24) is 0 Å². The van der Waals surface area contributed by atoms with Crippen molar-refractivity contribution in [2.75, 3.05) is 5.32 Å². The highest BCUT2D eigenvalue weighted by atomic mass is 32.2. The molecule has 1 aliphatic carbocycles. The molecule has 1 aromatic heterocycles. The standard InChI is InChI=1S/C19H24N2O4S/c20-11-17-10-15(12-25-17)19(22)21-16-6-4-5-14(9-16)13-26(23,24)18-7-2-1-3-8-18/h4-6,9-10,12,18H,1-3,7-8,11,13,20H2,(H,21,22). The van der Waals surface area contributed by atoms with Gasteiger partial charge in [0.15, 0.2) is 9.84 Å². The molecule has 3 rings (SSSR count). The zero-order valence-electron chi connectivity index (χ0n) is 14.6. The Kier molecular flexibility index (Phi) is 5.78. The number of amides is 1. The maximum atomic E-state index is 12.6. The van der Waals surface area contributed by atoms with E-state index in [0.29, 0.717) is 22.6 Å². The molecule has 1 fully saturated rings. The van der Waals surface area contributed by atoms with Crippen LogP contribution in [-0.2, 0) is 22.1 Å². The number of hydrogen-bond acceptors (Lipinski definition) is 5. The van der Waals surface area contributed by atoms with E-state index in [1.54, 1.807) is 30.3 Å². The monoisotopic (exact) mass is 376 g/mol. The molecular weight excluding hydrogens is 352 g/mol. The van der Waals surface area contributed by atoms with Gasteiger partial charge >= 0.3 is 0 Å². The van der Waals surface area contributed by atoms with Gasteiger partial charge in [-0.05, 0) is 36.6 Å². The van der Waals surface area contributed by atoms with E-state index in [2.05, 4.69) is 5.32 Å². The van der Waals surface area contributed by atoms with E-state index in [0.717, 1.165) is 32.1 Å². The molecule has 0 atom stereocenters. The molecule has 1 aromatic carbocycles. The van der Waals surface area contributed by atoms with E-state index in [-0.39, 0.29) is 23.5 Å². The lowest BCUT2D eigenvalue weighted by molar-refractivity contribution is 0.102. The number of carbonyl (C=O) groups excluding carboxylic acids is 1. The third-order valence-electron chi connectivity index (χ3n) is 4.73. The van der Waals surface area contributed by atoms with E-state index in [4.69, 9.17) is 10.2 Å². The van der Waals surface area contributed by atoms with Crippen LogP contribution >= 0.6 is 0 Å². The molecule has 0 spiro atoms. The highest BCUT2D eigenvalue weighted by molar-refractivity contribution is 7.91. The number of rotatable bonds is 6. The van der Waals surface area contributed by atoms with Crippen molar-refractivity contribution in [2.24, 2.45) is 5.73 Å². The summed E-state index contributed by atoms with van der Waals surface area (Å²) in [5.41, 5.74) is 7.09. The van der Waals surface area contributed by atoms with E-state index in [1.807, 2.05) is 0 Å². The van der Waals surface area contributed by atoms with Gasteiger partial charge in [-0.1, -0.05) is 31.4 Å². The maximum Gasteiger partial charge on any atom is 0.258 e. The van der Waals surface area contributed by atoms with Gasteiger partial charge in [0, 0.05) is 5.69 Å². The van der Waals surface area contributed by atoms with Crippen LogP contribution in [0.5, 0.6) is 0 Å². The predicted molar refractivity (Wildman–Crippen MR) is 100 cm³/mol. The number of sulfone groups is 1. The fourth-order valence-electron chi connectivity index (χ4n) is 3.32. The number of hydrogen-bond donors (Lipinski definition) is 2. The summed E-state index contributed by atoms with van der Waals surface area (Å²) in [5, 5.41) is 2.53. The van der Waals surface area contributed by atoms with E-state index in [9.17, 15) is 13.2 Å². The zero-order valence-corrected chi connectivity index (χ0v) is 15.4. The number of nitrogens with one attached hydrogen (secondary N) is 1. The molecule has 1 aliphatic rings. The van der Waals surface area contributed by atoms with Crippen LogP contribution in [0.1, 0.15) is 53.8 Å². The zero-order chi connectivity index (χ0) is 18.6. The first-order chi connectivity index (χ1) is 12.5. The smallest absolute Gasteiger partial charge is 0.258 e. The molecule has 3 N–H and O–H groups in total. The van der Waals surface area contributed by atoms with Crippen molar-refractivity contribution in [3.05, 3.63) is 53.5 Å². The SMILES string of the molecule is NCc1cc(C(=O)Nc2cccc(CS(=O)(=O)C3CCCCC3)c2)co1. The average Bonchev–Trinajstić information content (AvgIpc) is 3.12. The van der Waals surface area contributed by atoms with E-state index >= 15 is 0 Å². The van der Waals surface area contributed by atoms with Gasteiger partial charge in [-0.2, -0.15) is 0 Å². The molecule has 1 heterocycles. The Bertz CT molecular complexity index is 867. The van der Waals surface area contributed by atoms with E-state index < -0.39 is 9.84 Å². The molecule has 0 aliphatic heterocycles. The molecule has 1 saturated carbocycles. The first-order valence-corrected chi connectivity index (χ1v) is 10.6. The van der Waals surface area contributed by atoms with Gasteiger partial charge < -0.3 is 15.5 Å². The van der Waals surface area contributed by atoms with Gasteiger partial charge in [0.05, 0.1) is 23.1 Å². The Morgan fingerprint density at radius 3 is 2.65 bits per heavy atom. The number of furan rings is 1. The van der Waals surface area contributed by atoms with Crippen molar-refractivity contribution in [3.8, 4) is 0 Å². The largest absolute Gasteiger partial charge is 0.467 e. The first kappa shape index (κ1) is 18.7. The summed E-state index contributed by atoms with van der Waals surface area (Å²) in [7, 11) is -3.18. The summed E-state index contributed by atoms with van der Waals surface area (Å²) in [6.45, 7) is 0.224. The third kappa shape index (κ3) is 4.53. The molecule has 0 radical (unpaired) electrons. The van der Waals surface area contributed by atoms with Crippen LogP contribution in [0.25, 0.3) is 0 Å². The minimum atomic E-state index is -3.18. The number of carbonyl (C=O) groups is 1. The van der Waals surface area contributed by atoms with Crippen LogP contribution in [0, 0.1) is 0 Å². The van der Waals surface area contributed by atoms with Crippen LogP contribution < -0.4 is 11.1 Å². The van der Waals surface area contributed by atoms with Gasteiger partial charge in [-0.15, -0.1) is 0 Å². The fraction of sp³-hybridized carbons (Fsp3) is 0.421. The number of benzene rings is 1. The topological polar surface area (TPSA) is 102 Å². The van der Waals surface area contributed by atoms with Crippen LogP contribution in [0.15, 0.2) is 41.0 Å². The summed E-state index contributed by atoms with van der Waals surface area (Å²) in [6, 6.07) is 8.57. The Morgan fingerprint density at radius 1 is 1.19 bits per heavy atom. The van der Waals surface area contributed by atoms with Crippen molar-refractivity contribution < 1.29 is 17.6 Å². The molecule has 26 heavy (non-hydrogen) atoms. The minimum Gasteiger partial charge on any atom is -0.467 e. The van der Waals surface area contributed by atoms with Crippen LogP contribution in [0.3, 0.4) is 0 Å². The summed E-state index contributed by atoms with van der Waals surface area (Å²) in [5.74, 6) is 0.216. The molecule has 7 heteroatoms. The minimum absolute atomic E-state index is 0.00437. The maximum absolute atomic E-state index is 12.6. The second kappa shape index (κ2) is 8.05. The second-order valence-corrected chi connectivity index (χ2v) is 9.01. The Labute approximate surface area is 153 Å². The highest BCUT2D eigenvalue weighted by Crippen LogP contribution is 2.26. The molecule has 0 bridgehead atoms. The Hall–Kier alpha value is -2.12. The molecule has 1 amide bonds. The van der Waals surface area contributed by atoms with Gasteiger partial charge in [0.25, 0.3) is 5.91 Å². The lowest BCUT2D eigenvalue weighted by Crippen LogP contribution is -2.25. The molecule has 0 saturated heterocycles. The lowest BCUT2D eigenvalue weighted by Gasteiger charge is -2.21. The van der Waals surface area contributed by atoms with Crippen LogP contribution in [0.4, 0.5) is 5.69 Å². The predicted octanol–water partition coefficient (Wildman–Crippen LogP) is 3.24. The van der Waals surface area contributed by atoms with E-state index in [1.165, 1.54) is 6.26 Å². The summed E-state index contributed by atoms with van der Waals surface area (Å²) in [6.07, 6.45) is 5.94. The number of nitrogens with two attached hydrogens (primary N) is 1. The first-order valence-electron chi connectivity index (χ1n) is 8.87. The van der Waals surface area contributed by atoms with Crippen molar-refractivity contribution in [3.63, 3.8) is 0 Å². The quantitative estimate of drug-likeness (QED) is 0.806. The van der Waals surface area contributed by atoms with Crippen molar-refractivity contribution >= 4 is 21.4 Å². The second-order valence-electron chi connectivity index (χ2n) is 6.73. The molecular formula is C19H24N2O4S. The third-order valence-corrected chi connectivity index (χ3v) is 6.95.